The Balaban J connectivity index is 2.78. The van der Waals surface area contributed by atoms with Crippen molar-refractivity contribution in [3.05, 3.63) is 12.2 Å². The van der Waals surface area contributed by atoms with Gasteiger partial charge in [0.05, 0.1) is 0 Å². The summed E-state index contributed by atoms with van der Waals surface area (Å²) in [4.78, 5) is 12.1. The van der Waals surface area contributed by atoms with Crippen molar-refractivity contribution in [1.29, 1.82) is 0 Å². The lowest BCUT2D eigenvalue weighted by atomic mass is 9.96. The van der Waals surface area contributed by atoms with Crippen molar-refractivity contribution in [2.45, 2.75) is 64.6 Å². The van der Waals surface area contributed by atoms with Crippen molar-refractivity contribution >= 4 is 16.9 Å². The Morgan fingerprint density at radius 2 is 2.17 bits per heavy atom. The van der Waals surface area contributed by atoms with Crippen LogP contribution in [-0.4, -0.2) is 27.4 Å². The van der Waals surface area contributed by atoms with Gasteiger partial charge in [-0.3, -0.25) is 4.79 Å². The predicted molar refractivity (Wildman–Crippen MR) is 75.4 cm³/mol. The average Bonchev–Trinajstić information content (AvgIpc) is 2.56. The Morgan fingerprint density at radius 3 is 2.61 bits per heavy atom. The molecule has 0 aromatic rings. The molecule has 1 saturated heterocycles. The maximum atomic E-state index is 12.1. The van der Waals surface area contributed by atoms with E-state index in [1.54, 1.807) is 13.0 Å². The number of allylic oxidation sites excluding steroid dienone is 1. The van der Waals surface area contributed by atoms with Gasteiger partial charge in [-0.1, -0.05) is 58.0 Å². The lowest BCUT2D eigenvalue weighted by molar-refractivity contribution is -0.147. The van der Waals surface area contributed by atoms with E-state index in [0.717, 1.165) is 12.8 Å². The molecule has 3 unspecified atom stereocenters. The largest absolute Gasteiger partial charge is 0.385 e. The minimum atomic E-state index is -1.12. The van der Waals surface area contributed by atoms with Gasteiger partial charge in [0.25, 0.3) is 0 Å². The normalized spacial score (nSPS) is 31.2. The molecule has 0 aromatic carbocycles. The first-order valence-electron chi connectivity index (χ1n) is 6.45. The SMILES string of the molecule is CCCC=CC(O)C1(C)OC(C(C)(C)C)SC1=O. The van der Waals surface area contributed by atoms with Gasteiger partial charge in [-0.25, -0.2) is 0 Å². The van der Waals surface area contributed by atoms with E-state index in [1.165, 1.54) is 11.8 Å². The van der Waals surface area contributed by atoms with Gasteiger partial charge in [-0.05, 0) is 18.8 Å². The number of rotatable bonds is 4. The van der Waals surface area contributed by atoms with Crippen LogP contribution in [0.1, 0.15) is 47.5 Å². The number of hydrogen-bond donors (Lipinski definition) is 1. The molecule has 1 fully saturated rings. The maximum Gasteiger partial charge on any atom is 0.226 e. The fourth-order valence-electron chi connectivity index (χ4n) is 1.63. The molecule has 0 bridgehead atoms. The molecule has 0 aromatic heterocycles. The van der Waals surface area contributed by atoms with E-state index in [2.05, 4.69) is 6.92 Å². The van der Waals surface area contributed by atoms with Crippen LogP contribution < -0.4 is 0 Å². The molecule has 0 aliphatic carbocycles. The van der Waals surface area contributed by atoms with Crippen LogP contribution in [0, 0.1) is 5.41 Å². The molecule has 0 spiro atoms. The molecule has 3 nitrogen and oxygen atoms in total. The summed E-state index contributed by atoms with van der Waals surface area (Å²) in [6, 6.07) is 0. The molecule has 1 N–H and O–H groups in total. The molecule has 104 valence electrons. The monoisotopic (exact) mass is 272 g/mol. The van der Waals surface area contributed by atoms with Crippen LogP contribution in [0.3, 0.4) is 0 Å². The smallest absolute Gasteiger partial charge is 0.226 e. The number of carbonyl (C=O) groups is 1. The summed E-state index contributed by atoms with van der Waals surface area (Å²) in [6.45, 7) is 9.84. The van der Waals surface area contributed by atoms with Gasteiger partial charge in [0.15, 0.2) is 5.60 Å². The Hall–Kier alpha value is -0.320. The number of thioether (sulfide) groups is 1. The number of hydrogen-bond acceptors (Lipinski definition) is 4. The molecule has 1 aliphatic heterocycles. The Kier molecular flexibility index (Phi) is 5.04. The molecule has 3 atom stereocenters. The molecule has 0 saturated carbocycles. The minimum Gasteiger partial charge on any atom is -0.385 e. The first-order chi connectivity index (χ1) is 8.21. The molecular weight excluding hydrogens is 248 g/mol. The van der Waals surface area contributed by atoms with Gasteiger partial charge in [0.2, 0.25) is 5.12 Å². The summed E-state index contributed by atoms with van der Waals surface area (Å²) in [6.07, 6.45) is 4.62. The van der Waals surface area contributed by atoms with E-state index in [4.69, 9.17) is 4.74 Å². The molecule has 1 rings (SSSR count). The first-order valence-corrected chi connectivity index (χ1v) is 7.33. The van der Waals surface area contributed by atoms with Crippen LogP contribution in [0.4, 0.5) is 0 Å². The van der Waals surface area contributed by atoms with Crippen molar-refractivity contribution in [3.8, 4) is 0 Å². The van der Waals surface area contributed by atoms with Crippen molar-refractivity contribution in [2.75, 3.05) is 0 Å². The van der Waals surface area contributed by atoms with Crippen molar-refractivity contribution < 1.29 is 14.6 Å². The van der Waals surface area contributed by atoms with Crippen LogP contribution in [-0.2, 0) is 9.53 Å². The summed E-state index contributed by atoms with van der Waals surface area (Å²) >= 11 is 1.19. The zero-order valence-corrected chi connectivity index (χ0v) is 12.7. The minimum absolute atomic E-state index is 0.0870. The van der Waals surface area contributed by atoms with E-state index in [0.29, 0.717) is 0 Å². The van der Waals surface area contributed by atoms with Crippen molar-refractivity contribution in [3.63, 3.8) is 0 Å². The van der Waals surface area contributed by atoms with E-state index in [1.807, 2.05) is 26.8 Å². The Bertz CT molecular complexity index is 332. The van der Waals surface area contributed by atoms with Gasteiger partial charge in [0, 0.05) is 0 Å². The van der Waals surface area contributed by atoms with Crippen molar-refractivity contribution in [1.82, 2.24) is 0 Å². The fourth-order valence-corrected chi connectivity index (χ4v) is 2.83. The average molecular weight is 272 g/mol. The molecule has 0 amide bonds. The van der Waals surface area contributed by atoms with Gasteiger partial charge >= 0.3 is 0 Å². The highest BCUT2D eigenvalue weighted by Crippen LogP contribution is 2.45. The highest BCUT2D eigenvalue weighted by molar-refractivity contribution is 8.14. The third-order valence-electron chi connectivity index (χ3n) is 3.02. The zero-order valence-electron chi connectivity index (χ0n) is 11.9. The van der Waals surface area contributed by atoms with Gasteiger partial charge in [0.1, 0.15) is 11.5 Å². The number of ether oxygens (including phenoxy) is 1. The second-order valence-corrected chi connectivity index (χ2v) is 7.02. The third kappa shape index (κ3) is 3.37. The highest BCUT2D eigenvalue weighted by Gasteiger charge is 2.52. The molecule has 1 heterocycles. The highest BCUT2D eigenvalue weighted by atomic mass is 32.2. The van der Waals surface area contributed by atoms with E-state index in [9.17, 15) is 9.90 Å². The molecule has 0 radical (unpaired) electrons. The first kappa shape index (κ1) is 15.7. The summed E-state index contributed by atoms with van der Waals surface area (Å²) in [5.74, 6) is 0. The van der Waals surface area contributed by atoms with E-state index < -0.39 is 11.7 Å². The van der Waals surface area contributed by atoms with Gasteiger partial charge < -0.3 is 9.84 Å². The second-order valence-electron chi connectivity index (χ2n) is 5.99. The predicted octanol–water partition coefficient (Wildman–Crippen LogP) is 3.12. The molecule has 4 heteroatoms. The molecular formula is C14H24O3S. The van der Waals surface area contributed by atoms with Crippen LogP contribution in [0.25, 0.3) is 0 Å². The quantitative estimate of drug-likeness (QED) is 0.799. The van der Waals surface area contributed by atoms with Crippen LogP contribution >= 0.6 is 11.8 Å². The van der Waals surface area contributed by atoms with Crippen LogP contribution in [0.2, 0.25) is 0 Å². The van der Waals surface area contributed by atoms with Crippen molar-refractivity contribution in [2.24, 2.45) is 5.41 Å². The Morgan fingerprint density at radius 1 is 1.56 bits per heavy atom. The second kappa shape index (κ2) is 5.76. The summed E-state index contributed by atoms with van der Waals surface area (Å²) in [5.41, 5.74) is -1.44. The van der Waals surface area contributed by atoms with Gasteiger partial charge in [-0.15, -0.1) is 0 Å². The lowest BCUT2D eigenvalue weighted by Gasteiger charge is -2.30. The maximum absolute atomic E-state index is 12.1. The summed E-state index contributed by atoms with van der Waals surface area (Å²) < 4.78 is 5.83. The third-order valence-corrected chi connectivity index (χ3v) is 4.65. The number of aliphatic hydroxyl groups excluding tert-OH is 1. The number of unbranched alkanes of at least 4 members (excludes halogenated alkanes) is 1. The summed E-state index contributed by atoms with van der Waals surface area (Å²) in [5, 5.41) is 10.1. The lowest BCUT2D eigenvalue weighted by Crippen LogP contribution is -2.44. The number of aliphatic hydroxyl groups is 1. The number of carbonyl (C=O) groups excluding carboxylic acids is 1. The van der Waals surface area contributed by atoms with Gasteiger partial charge in [-0.2, -0.15) is 0 Å². The van der Waals surface area contributed by atoms with E-state index >= 15 is 0 Å². The molecule has 1 aliphatic rings. The van der Waals surface area contributed by atoms with Crippen LogP contribution in [0.5, 0.6) is 0 Å². The van der Waals surface area contributed by atoms with Crippen LogP contribution in [0.15, 0.2) is 12.2 Å². The summed E-state index contributed by atoms with van der Waals surface area (Å²) in [7, 11) is 0. The standard InChI is InChI=1S/C14H24O3S/c1-6-7-8-9-10(15)14(5)11(16)18-12(17-14)13(2,3)4/h8-10,12,15H,6-7H2,1-5H3. The fraction of sp³-hybridized carbons (Fsp3) is 0.786. The molecule has 18 heavy (non-hydrogen) atoms. The topological polar surface area (TPSA) is 46.5 Å². The van der Waals surface area contributed by atoms with E-state index in [-0.39, 0.29) is 16.0 Å². The Labute approximate surface area is 114 Å². The zero-order chi connectivity index (χ0) is 14.0.